The molecule has 1 unspecified atom stereocenters. The molecule has 4 heterocycles. The highest BCUT2D eigenvalue weighted by Crippen LogP contribution is 2.15. The highest BCUT2D eigenvalue weighted by Gasteiger charge is 2.32. The zero-order valence-corrected chi connectivity index (χ0v) is 18.4. The quantitative estimate of drug-likeness (QED) is 0.715. The third kappa shape index (κ3) is 4.74. The van der Waals surface area contributed by atoms with E-state index in [-0.39, 0.29) is 17.9 Å². The van der Waals surface area contributed by atoms with Crippen LogP contribution >= 0.6 is 11.3 Å². The van der Waals surface area contributed by atoms with Crippen molar-refractivity contribution < 1.29 is 14.0 Å². The molecule has 1 atom stereocenters. The van der Waals surface area contributed by atoms with Gasteiger partial charge in [0.1, 0.15) is 0 Å². The van der Waals surface area contributed by atoms with Gasteiger partial charge in [-0.2, -0.15) is 0 Å². The number of furan rings is 1. The van der Waals surface area contributed by atoms with E-state index in [0.29, 0.717) is 31.9 Å². The summed E-state index contributed by atoms with van der Waals surface area (Å²) < 4.78 is 5.20. The number of rotatable bonds is 5. The number of nitrogens with zero attached hydrogens (tertiary/aromatic N) is 5. The van der Waals surface area contributed by atoms with E-state index >= 15 is 0 Å². The molecule has 0 radical (unpaired) electrons. The summed E-state index contributed by atoms with van der Waals surface area (Å²) in [6, 6.07) is 3.25. The zero-order valence-electron chi connectivity index (χ0n) is 17.6. The number of thiazole rings is 1. The Balaban J connectivity index is 1.23. The minimum atomic E-state index is -0.138. The van der Waals surface area contributed by atoms with E-state index in [4.69, 9.17) is 4.42 Å². The van der Waals surface area contributed by atoms with Gasteiger partial charge in [0, 0.05) is 64.3 Å². The summed E-state index contributed by atoms with van der Waals surface area (Å²) in [4.78, 5) is 38.3. The molecule has 8 nitrogen and oxygen atoms in total. The Morgan fingerprint density at radius 2 is 1.80 bits per heavy atom. The van der Waals surface area contributed by atoms with Crippen molar-refractivity contribution in [1.82, 2.24) is 24.6 Å². The average Bonchev–Trinajstić information content (AvgIpc) is 3.45. The Morgan fingerprint density at radius 1 is 1.10 bits per heavy atom. The number of carbonyl (C=O) groups is 2. The van der Waals surface area contributed by atoms with Gasteiger partial charge in [0.15, 0.2) is 5.76 Å². The van der Waals surface area contributed by atoms with E-state index in [1.165, 1.54) is 6.26 Å². The number of piperazine rings is 2. The lowest BCUT2D eigenvalue weighted by Crippen LogP contribution is -2.57. The van der Waals surface area contributed by atoms with Gasteiger partial charge in [-0.3, -0.25) is 19.4 Å². The second-order valence-corrected chi connectivity index (χ2v) is 9.00. The molecule has 0 aromatic carbocycles. The van der Waals surface area contributed by atoms with Crippen molar-refractivity contribution >= 4 is 23.2 Å². The summed E-state index contributed by atoms with van der Waals surface area (Å²) in [6.07, 6.45) is 1.51. The first-order valence-electron chi connectivity index (χ1n) is 10.5. The SMILES string of the molecule is Cc1nc(CN2CCN(C(C)C(=O)N3CCN(C(=O)c4ccco4)CC3)CC2)cs1. The van der Waals surface area contributed by atoms with Gasteiger partial charge < -0.3 is 14.2 Å². The standard InChI is InChI=1S/C21H29N5O3S/c1-16(24-7-5-23(6-8-24)14-18-15-30-17(2)22-18)20(27)25-9-11-26(12-10-25)21(28)19-4-3-13-29-19/h3-4,13,15-16H,5-12,14H2,1-2H3. The number of aryl methyl sites for hydroxylation is 1. The molecule has 0 aliphatic carbocycles. The van der Waals surface area contributed by atoms with Crippen molar-refractivity contribution in [2.75, 3.05) is 52.4 Å². The molecule has 0 N–H and O–H groups in total. The first kappa shape index (κ1) is 21.0. The van der Waals surface area contributed by atoms with Gasteiger partial charge in [0.25, 0.3) is 5.91 Å². The molecule has 0 spiro atoms. The van der Waals surface area contributed by atoms with Gasteiger partial charge in [-0.15, -0.1) is 11.3 Å². The first-order chi connectivity index (χ1) is 14.5. The van der Waals surface area contributed by atoms with Gasteiger partial charge >= 0.3 is 0 Å². The summed E-state index contributed by atoms with van der Waals surface area (Å²) in [6.45, 7) is 10.8. The van der Waals surface area contributed by atoms with Crippen LogP contribution in [0.3, 0.4) is 0 Å². The molecule has 162 valence electrons. The van der Waals surface area contributed by atoms with Gasteiger partial charge in [0.2, 0.25) is 5.91 Å². The van der Waals surface area contributed by atoms with Gasteiger partial charge in [-0.05, 0) is 26.0 Å². The fraction of sp³-hybridized carbons (Fsp3) is 0.571. The Bertz CT molecular complexity index is 852. The number of hydrogen-bond donors (Lipinski definition) is 0. The van der Waals surface area contributed by atoms with E-state index in [9.17, 15) is 9.59 Å². The Morgan fingerprint density at radius 3 is 2.40 bits per heavy atom. The molecule has 4 rings (SSSR count). The third-order valence-corrected chi connectivity index (χ3v) is 6.80. The predicted molar refractivity (Wildman–Crippen MR) is 114 cm³/mol. The maximum Gasteiger partial charge on any atom is 0.289 e. The van der Waals surface area contributed by atoms with Crippen LogP contribution in [-0.4, -0.2) is 94.8 Å². The number of aromatic nitrogens is 1. The minimum absolute atomic E-state index is 0.105. The van der Waals surface area contributed by atoms with Crippen LogP contribution in [0.2, 0.25) is 0 Å². The molecule has 2 aromatic rings. The average molecular weight is 432 g/mol. The first-order valence-corrected chi connectivity index (χ1v) is 11.4. The molecule has 2 aliphatic heterocycles. The second kappa shape index (κ2) is 9.28. The minimum Gasteiger partial charge on any atom is -0.459 e. The maximum atomic E-state index is 13.0. The van der Waals surface area contributed by atoms with E-state index in [0.717, 1.165) is 43.4 Å². The molecule has 30 heavy (non-hydrogen) atoms. The lowest BCUT2D eigenvalue weighted by molar-refractivity contribution is -0.138. The Labute approximate surface area is 181 Å². The van der Waals surface area contributed by atoms with E-state index in [2.05, 4.69) is 20.2 Å². The van der Waals surface area contributed by atoms with Crippen LogP contribution in [0.5, 0.6) is 0 Å². The van der Waals surface area contributed by atoms with Crippen molar-refractivity contribution in [2.24, 2.45) is 0 Å². The molecule has 9 heteroatoms. The number of amides is 2. The molecule has 2 aliphatic rings. The molecular formula is C21H29N5O3S. The summed E-state index contributed by atoms with van der Waals surface area (Å²) in [5.41, 5.74) is 1.14. The molecule has 2 amide bonds. The summed E-state index contributed by atoms with van der Waals surface area (Å²) in [7, 11) is 0. The predicted octanol–water partition coefficient (Wildman–Crippen LogP) is 1.54. The van der Waals surface area contributed by atoms with Crippen LogP contribution in [0.25, 0.3) is 0 Å². The fourth-order valence-corrected chi connectivity index (χ4v) is 4.73. The van der Waals surface area contributed by atoms with Crippen molar-refractivity contribution in [3.63, 3.8) is 0 Å². The molecule has 2 fully saturated rings. The number of hydrogen-bond acceptors (Lipinski definition) is 7. The zero-order chi connectivity index (χ0) is 21.1. The molecular weight excluding hydrogens is 402 g/mol. The summed E-state index contributed by atoms with van der Waals surface area (Å²) in [5, 5.41) is 3.23. The van der Waals surface area contributed by atoms with Crippen LogP contribution in [0, 0.1) is 6.92 Å². The van der Waals surface area contributed by atoms with E-state index < -0.39 is 0 Å². The van der Waals surface area contributed by atoms with Crippen LogP contribution in [0.1, 0.15) is 28.2 Å². The third-order valence-electron chi connectivity index (χ3n) is 5.97. The maximum absolute atomic E-state index is 13.0. The Kier molecular flexibility index (Phi) is 6.50. The van der Waals surface area contributed by atoms with Crippen molar-refractivity contribution in [1.29, 1.82) is 0 Å². The second-order valence-electron chi connectivity index (χ2n) is 7.94. The smallest absolute Gasteiger partial charge is 0.289 e. The summed E-state index contributed by atoms with van der Waals surface area (Å²) in [5.74, 6) is 0.407. The highest BCUT2D eigenvalue weighted by molar-refractivity contribution is 7.09. The van der Waals surface area contributed by atoms with Crippen LogP contribution < -0.4 is 0 Å². The lowest BCUT2D eigenvalue weighted by Gasteiger charge is -2.40. The molecule has 2 aromatic heterocycles. The molecule has 0 bridgehead atoms. The van der Waals surface area contributed by atoms with Crippen molar-refractivity contribution in [3.8, 4) is 0 Å². The van der Waals surface area contributed by atoms with Crippen LogP contribution in [0.15, 0.2) is 28.2 Å². The molecule has 2 saturated heterocycles. The molecule has 0 saturated carbocycles. The van der Waals surface area contributed by atoms with Gasteiger partial charge in [0.05, 0.1) is 23.0 Å². The monoisotopic (exact) mass is 431 g/mol. The van der Waals surface area contributed by atoms with E-state index in [1.54, 1.807) is 28.4 Å². The van der Waals surface area contributed by atoms with E-state index in [1.807, 2.05) is 18.7 Å². The normalized spacial score (nSPS) is 19.8. The lowest BCUT2D eigenvalue weighted by atomic mass is 10.1. The van der Waals surface area contributed by atoms with Crippen molar-refractivity contribution in [2.45, 2.75) is 26.4 Å². The topological polar surface area (TPSA) is 73.1 Å². The largest absolute Gasteiger partial charge is 0.459 e. The van der Waals surface area contributed by atoms with Crippen LogP contribution in [0.4, 0.5) is 0 Å². The van der Waals surface area contributed by atoms with Gasteiger partial charge in [-0.25, -0.2) is 4.98 Å². The van der Waals surface area contributed by atoms with Gasteiger partial charge in [-0.1, -0.05) is 0 Å². The summed E-state index contributed by atoms with van der Waals surface area (Å²) >= 11 is 1.69. The Hall–Kier alpha value is -2.23. The fourth-order valence-electron chi connectivity index (χ4n) is 4.13. The van der Waals surface area contributed by atoms with Crippen LogP contribution in [-0.2, 0) is 11.3 Å². The highest BCUT2D eigenvalue weighted by atomic mass is 32.1. The van der Waals surface area contributed by atoms with Crippen molar-refractivity contribution in [3.05, 3.63) is 40.2 Å². The number of carbonyl (C=O) groups excluding carboxylic acids is 2.